The van der Waals surface area contributed by atoms with Crippen molar-refractivity contribution in [2.45, 2.75) is 19.3 Å². The molecule has 0 spiro atoms. The predicted octanol–water partition coefficient (Wildman–Crippen LogP) is 14.6. The van der Waals surface area contributed by atoms with Gasteiger partial charge in [0.25, 0.3) is 0 Å². The molecule has 53 heavy (non-hydrogen) atoms. The minimum atomic E-state index is -0.139. The molecule has 0 unspecified atom stereocenters. The van der Waals surface area contributed by atoms with Crippen LogP contribution in [0.15, 0.2) is 167 Å². The molecule has 9 aromatic carbocycles. The van der Waals surface area contributed by atoms with Crippen molar-refractivity contribution in [3.8, 4) is 33.4 Å². The second kappa shape index (κ2) is 10.2. The third-order valence-electron chi connectivity index (χ3n) is 12.0. The Morgan fingerprint density at radius 1 is 0.321 bits per heavy atom. The van der Waals surface area contributed by atoms with Crippen LogP contribution in [0.2, 0.25) is 0 Å². The van der Waals surface area contributed by atoms with Crippen LogP contribution in [0.1, 0.15) is 25.0 Å². The van der Waals surface area contributed by atoms with Gasteiger partial charge < -0.3 is 8.83 Å². The first-order valence-corrected chi connectivity index (χ1v) is 18.4. The highest BCUT2D eigenvalue weighted by molar-refractivity contribution is 6.30. The Hall–Kier alpha value is -6.64. The quantitative estimate of drug-likeness (QED) is 0.170. The van der Waals surface area contributed by atoms with Crippen LogP contribution < -0.4 is 0 Å². The van der Waals surface area contributed by atoms with Crippen LogP contribution in [-0.4, -0.2) is 0 Å². The van der Waals surface area contributed by atoms with Crippen molar-refractivity contribution in [2.24, 2.45) is 0 Å². The van der Waals surface area contributed by atoms with Gasteiger partial charge in [-0.05, 0) is 90.0 Å². The van der Waals surface area contributed by atoms with E-state index in [0.29, 0.717) is 0 Å². The monoisotopic (exact) mass is 676 g/mol. The van der Waals surface area contributed by atoms with Crippen molar-refractivity contribution in [2.75, 3.05) is 0 Å². The number of benzene rings is 9. The van der Waals surface area contributed by atoms with Crippen molar-refractivity contribution in [1.82, 2.24) is 0 Å². The molecule has 1 aliphatic carbocycles. The lowest BCUT2D eigenvalue weighted by Crippen LogP contribution is -2.15. The molecule has 248 valence electrons. The fourth-order valence-electron chi connectivity index (χ4n) is 9.71. The fraction of sp³-hybridized carbons (Fsp3) is 0.0588. The maximum absolute atomic E-state index is 6.86. The molecular weight excluding hydrogens is 645 g/mol. The Labute approximate surface area is 305 Å². The first-order valence-electron chi connectivity index (χ1n) is 18.4. The highest BCUT2D eigenvalue weighted by Crippen LogP contribution is 2.56. The molecule has 12 rings (SSSR count). The summed E-state index contributed by atoms with van der Waals surface area (Å²) in [5, 5.41) is 11.7. The lowest BCUT2D eigenvalue weighted by molar-refractivity contribution is 0.658. The van der Waals surface area contributed by atoms with Gasteiger partial charge >= 0.3 is 0 Å². The lowest BCUT2D eigenvalue weighted by atomic mass is 9.79. The summed E-state index contributed by atoms with van der Waals surface area (Å²) in [5.41, 5.74) is 13.4. The van der Waals surface area contributed by atoms with E-state index in [9.17, 15) is 0 Å². The van der Waals surface area contributed by atoms with Crippen molar-refractivity contribution in [3.63, 3.8) is 0 Å². The molecule has 2 aromatic heterocycles. The molecule has 11 aromatic rings. The first kappa shape index (κ1) is 29.0. The van der Waals surface area contributed by atoms with E-state index < -0.39 is 0 Å². The van der Waals surface area contributed by atoms with E-state index in [1.807, 2.05) is 12.1 Å². The topological polar surface area (TPSA) is 26.3 Å². The summed E-state index contributed by atoms with van der Waals surface area (Å²) in [6.45, 7) is 4.75. The third kappa shape index (κ3) is 3.72. The number of hydrogen-bond acceptors (Lipinski definition) is 2. The molecule has 0 amide bonds. The molecule has 0 N–H and O–H groups in total. The van der Waals surface area contributed by atoms with E-state index >= 15 is 0 Å². The number of fused-ring (bicyclic) bond motifs is 13. The van der Waals surface area contributed by atoms with E-state index in [1.54, 1.807) is 0 Å². The van der Waals surface area contributed by atoms with Gasteiger partial charge in [-0.2, -0.15) is 0 Å². The zero-order valence-corrected chi connectivity index (χ0v) is 29.3. The van der Waals surface area contributed by atoms with Gasteiger partial charge in [0, 0.05) is 32.5 Å². The zero-order chi connectivity index (χ0) is 35.0. The SMILES string of the molecule is CC1(C)c2ccccc2-c2c1cc(-c1c3ccccc3c(-c3c4oc5ccccc5c4cc4c3oc3ccccc34)c3ccccc13)c1ccccc21. The van der Waals surface area contributed by atoms with E-state index in [-0.39, 0.29) is 5.41 Å². The van der Waals surface area contributed by atoms with Gasteiger partial charge in [-0.1, -0.05) is 147 Å². The maximum atomic E-state index is 6.86. The Morgan fingerprint density at radius 2 is 0.755 bits per heavy atom. The van der Waals surface area contributed by atoms with Gasteiger partial charge in [0.1, 0.15) is 22.3 Å². The summed E-state index contributed by atoms with van der Waals surface area (Å²) in [5.74, 6) is 0. The van der Waals surface area contributed by atoms with Gasteiger partial charge in [-0.15, -0.1) is 0 Å². The summed E-state index contributed by atoms with van der Waals surface area (Å²) in [4.78, 5) is 0. The van der Waals surface area contributed by atoms with Crippen LogP contribution in [0.5, 0.6) is 0 Å². The molecule has 1 aliphatic rings. The van der Waals surface area contributed by atoms with Crippen LogP contribution in [-0.2, 0) is 5.41 Å². The van der Waals surface area contributed by atoms with Gasteiger partial charge in [0.15, 0.2) is 0 Å². The minimum absolute atomic E-state index is 0.139. The summed E-state index contributed by atoms with van der Waals surface area (Å²) in [6, 6.07) is 57.3. The molecule has 0 radical (unpaired) electrons. The summed E-state index contributed by atoms with van der Waals surface area (Å²) >= 11 is 0. The number of para-hydroxylation sites is 2. The Bertz CT molecular complexity index is 3220. The number of hydrogen-bond donors (Lipinski definition) is 0. The predicted molar refractivity (Wildman–Crippen MR) is 222 cm³/mol. The number of rotatable bonds is 2. The smallest absolute Gasteiger partial charge is 0.147 e. The Kier molecular flexibility index (Phi) is 5.60. The molecule has 2 heteroatoms. The van der Waals surface area contributed by atoms with E-state index in [4.69, 9.17) is 8.83 Å². The number of furan rings is 2. The zero-order valence-electron chi connectivity index (χ0n) is 29.3. The van der Waals surface area contributed by atoms with Crippen molar-refractivity contribution in [1.29, 1.82) is 0 Å². The van der Waals surface area contributed by atoms with Gasteiger partial charge in [-0.3, -0.25) is 0 Å². The van der Waals surface area contributed by atoms with E-state index in [1.165, 1.54) is 65.7 Å². The Balaban J connectivity index is 1.27. The van der Waals surface area contributed by atoms with Gasteiger partial charge in [0.05, 0.1) is 5.56 Å². The molecule has 2 heterocycles. The summed E-state index contributed by atoms with van der Waals surface area (Å²) in [6.07, 6.45) is 0. The van der Waals surface area contributed by atoms with Crippen LogP contribution in [0, 0.1) is 0 Å². The van der Waals surface area contributed by atoms with Crippen molar-refractivity contribution < 1.29 is 8.83 Å². The highest BCUT2D eigenvalue weighted by Gasteiger charge is 2.37. The van der Waals surface area contributed by atoms with Crippen LogP contribution in [0.25, 0.3) is 110 Å². The second-order valence-corrected chi connectivity index (χ2v) is 15.1. The third-order valence-corrected chi connectivity index (χ3v) is 12.0. The molecular formula is C51H32O2. The first-order chi connectivity index (χ1) is 26.1. The molecule has 0 saturated carbocycles. The van der Waals surface area contributed by atoms with Crippen molar-refractivity contribution >= 4 is 76.2 Å². The molecule has 0 atom stereocenters. The van der Waals surface area contributed by atoms with E-state index in [0.717, 1.165) is 55.0 Å². The molecule has 0 fully saturated rings. The Morgan fingerprint density at radius 3 is 1.32 bits per heavy atom. The van der Waals surface area contributed by atoms with Gasteiger partial charge in [-0.25, -0.2) is 0 Å². The molecule has 0 aliphatic heterocycles. The molecule has 0 bridgehead atoms. The van der Waals surface area contributed by atoms with Crippen molar-refractivity contribution in [3.05, 3.63) is 169 Å². The van der Waals surface area contributed by atoms with Crippen LogP contribution in [0.3, 0.4) is 0 Å². The largest absolute Gasteiger partial charge is 0.455 e. The van der Waals surface area contributed by atoms with E-state index in [2.05, 4.69) is 159 Å². The molecule has 2 nitrogen and oxygen atoms in total. The van der Waals surface area contributed by atoms with Crippen LogP contribution in [0.4, 0.5) is 0 Å². The second-order valence-electron chi connectivity index (χ2n) is 15.1. The fourth-order valence-corrected chi connectivity index (χ4v) is 9.71. The average Bonchev–Trinajstić information content (AvgIpc) is 3.84. The standard InChI is InChI=1S/C51H32O2/c1-51(2)41-24-12-9-23-37(41)46-32-18-4-3-15-29(32)38(28-42(46)51)45-33-19-5-7-21-35(33)47(36-22-8-6-20-34(36)45)48-49-39(30-16-10-13-25-43(30)52-49)27-40-31-17-11-14-26-44(31)53-50(40)48/h3-28H,1-2H3. The lowest BCUT2D eigenvalue weighted by Gasteiger charge is -2.24. The summed E-state index contributed by atoms with van der Waals surface area (Å²) in [7, 11) is 0. The normalized spacial score (nSPS) is 13.6. The summed E-state index contributed by atoms with van der Waals surface area (Å²) < 4.78 is 13.7. The average molecular weight is 677 g/mol. The maximum Gasteiger partial charge on any atom is 0.147 e. The van der Waals surface area contributed by atoms with Crippen LogP contribution >= 0.6 is 0 Å². The van der Waals surface area contributed by atoms with Gasteiger partial charge in [0.2, 0.25) is 0 Å². The highest BCUT2D eigenvalue weighted by atomic mass is 16.3. The minimum Gasteiger partial charge on any atom is -0.455 e. The molecule has 0 saturated heterocycles.